The van der Waals surface area contributed by atoms with Crippen molar-refractivity contribution < 1.29 is 14.3 Å². The van der Waals surface area contributed by atoms with Gasteiger partial charge in [-0.25, -0.2) is 4.79 Å². The van der Waals surface area contributed by atoms with Gasteiger partial charge in [-0.1, -0.05) is 11.6 Å². The van der Waals surface area contributed by atoms with Gasteiger partial charge in [0.2, 0.25) is 0 Å². The number of rotatable bonds is 4. The van der Waals surface area contributed by atoms with Crippen molar-refractivity contribution in [1.29, 1.82) is 0 Å². The number of carbonyl (C=O) groups is 2. The molecule has 1 aliphatic heterocycles. The monoisotopic (exact) mass is 346 g/mol. The van der Waals surface area contributed by atoms with Crippen molar-refractivity contribution in [3.05, 3.63) is 62.4 Å². The number of ether oxygens (including phenoxy) is 1. The number of fused-ring (bicyclic) bond motifs is 1. The smallest absolute Gasteiger partial charge is 0.343 e. The van der Waals surface area contributed by atoms with E-state index in [2.05, 4.69) is 5.32 Å². The van der Waals surface area contributed by atoms with Crippen LogP contribution in [0.4, 0.5) is 5.82 Å². The highest BCUT2D eigenvalue weighted by Gasteiger charge is 2.26. The van der Waals surface area contributed by atoms with Crippen LogP contribution in [-0.4, -0.2) is 29.5 Å². The van der Waals surface area contributed by atoms with Crippen LogP contribution < -0.4 is 10.9 Å². The Labute approximate surface area is 143 Å². The first kappa shape index (κ1) is 16.3. The summed E-state index contributed by atoms with van der Waals surface area (Å²) in [7, 11) is 0. The molecule has 3 rings (SSSR count). The maximum Gasteiger partial charge on any atom is 0.343 e. The van der Waals surface area contributed by atoms with Crippen molar-refractivity contribution in [2.75, 3.05) is 18.5 Å². The fraction of sp³-hybridized carbons (Fsp3) is 0.235. The van der Waals surface area contributed by atoms with E-state index in [1.807, 2.05) is 0 Å². The number of aromatic nitrogens is 1. The molecule has 2 aromatic rings. The van der Waals surface area contributed by atoms with Gasteiger partial charge in [-0.3, -0.25) is 14.2 Å². The Bertz CT molecular complexity index is 871. The van der Waals surface area contributed by atoms with Crippen molar-refractivity contribution in [2.45, 2.75) is 13.5 Å². The van der Waals surface area contributed by atoms with Gasteiger partial charge in [0, 0.05) is 23.7 Å². The summed E-state index contributed by atoms with van der Waals surface area (Å²) in [5, 5.41) is 3.55. The van der Waals surface area contributed by atoms with E-state index in [-0.39, 0.29) is 23.5 Å². The van der Waals surface area contributed by atoms with E-state index in [9.17, 15) is 14.4 Å². The number of carbonyl (C=O) groups excluding carboxylic acids is 2. The molecule has 7 heteroatoms. The van der Waals surface area contributed by atoms with Gasteiger partial charge in [-0.15, -0.1) is 0 Å². The van der Waals surface area contributed by atoms with Crippen molar-refractivity contribution in [2.24, 2.45) is 0 Å². The van der Waals surface area contributed by atoms with E-state index in [0.717, 1.165) is 0 Å². The van der Waals surface area contributed by atoms with E-state index in [1.54, 1.807) is 31.2 Å². The molecule has 0 saturated heterocycles. The first-order valence-corrected chi connectivity index (χ1v) is 7.89. The van der Waals surface area contributed by atoms with E-state index in [1.165, 1.54) is 10.6 Å². The Morgan fingerprint density at radius 2 is 1.96 bits per heavy atom. The van der Waals surface area contributed by atoms with Crippen LogP contribution in [0.15, 0.2) is 35.1 Å². The first-order chi connectivity index (χ1) is 11.5. The van der Waals surface area contributed by atoms with Crippen molar-refractivity contribution in [3.63, 3.8) is 0 Å². The van der Waals surface area contributed by atoms with Crippen molar-refractivity contribution in [1.82, 2.24) is 4.57 Å². The van der Waals surface area contributed by atoms with E-state index in [0.29, 0.717) is 29.5 Å². The standard InChI is InChI=1S/C17H15ClN2O4/c1-2-24-17(23)13-9-12(15-19-7-8-20(15)16(13)22)14(21)10-3-5-11(18)6-4-10/h3-6,9,19H,2,7-8H2,1H3. The zero-order chi connectivity index (χ0) is 17.3. The normalized spacial score (nSPS) is 12.4. The number of halogens is 1. The highest BCUT2D eigenvalue weighted by molar-refractivity contribution is 6.30. The third-order valence-electron chi connectivity index (χ3n) is 3.76. The Morgan fingerprint density at radius 1 is 1.25 bits per heavy atom. The lowest BCUT2D eigenvalue weighted by Gasteiger charge is -2.11. The van der Waals surface area contributed by atoms with Gasteiger partial charge in [0.05, 0.1) is 12.2 Å². The van der Waals surface area contributed by atoms with Gasteiger partial charge in [0.25, 0.3) is 5.56 Å². The lowest BCUT2D eigenvalue weighted by molar-refractivity contribution is 0.0523. The maximum absolute atomic E-state index is 12.8. The molecule has 0 fully saturated rings. The molecular weight excluding hydrogens is 332 g/mol. The second-order valence-corrected chi connectivity index (χ2v) is 5.70. The second kappa shape index (κ2) is 6.49. The van der Waals surface area contributed by atoms with Gasteiger partial charge in [0.15, 0.2) is 5.78 Å². The summed E-state index contributed by atoms with van der Waals surface area (Å²) in [5.74, 6) is -0.599. The summed E-state index contributed by atoms with van der Waals surface area (Å²) >= 11 is 5.85. The molecule has 0 saturated carbocycles. The first-order valence-electron chi connectivity index (χ1n) is 7.52. The van der Waals surface area contributed by atoms with E-state index >= 15 is 0 Å². The zero-order valence-corrected chi connectivity index (χ0v) is 13.7. The largest absolute Gasteiger partial charge is 0.462 e. The molecule has 0 radical (unpaired) electrons. The zero-order valence-electron chi connectivity index (χ0n) is 13.0. The fourth-order valence-corrected chi connectivity index (χ4v) is 2.77. The van der Waals surface area contributed by atoms with Gasteiger partial charge >= 0.3 is 5.97 Å². The van der Waals surface area contributed by atoms with Crippen LogP contribution >= 0.6 is 11.6 Å². The lowest BCUT2D eigenvalue weighted by Crippen LogP contribution is -2.28. The Hall–Kier alpha value is -2.60. The number of hydrogen-bond donors (Lipinski definition) is 1. The number of anilines is 1. The van der Waals surface area contributed by atoms with E-state index < -0.39 is 11.5 Å². The third-order valence-corrected chi connectivity index (χ3v) is 4.02. The van der Waals surface area contributed by atoms with Crippen LogP contribution in [0.2, 0.25) is 5.02 Å². The third kappa shape index (κ3) is 2.80. The Morgan fingerprint density at radius 3 is 2.62 bits per heavy atom. The topological polar surface area (TPSA) is 77.4 Å². The summed E-state index contributed by atoms with van der Waals surface area (Å²) in [6.45, 7) is 2.72. The number of pyridine rings is 1. The van der Waals surface area contributed by atoms with Crippen LogP contribution in [0.25, 0.3) is 0 Å². The molecule has 0 atom stereocenters. The number of benzene rings is 1. The predicted molar refractivity (Wildman–Crippen MR) is 90.0 cm³/mol. The van der Waals surface area contributed by atoms with Crippen molar-refractivity contribution >= 4 is 29.2 Å². The van der Waals surface area contributed by atoms with Gasteiger partial charge in [-0.2, -0.15) is 0 Å². The fourth-order valence-electron chi connectivity index (χ4n) is 2.64. The summed E-state index contributed by atoms with van der Waals surface area (Å²) in [5.41, 5.74) is 0.0875. The minimum atomic E-state index is -0.727. The van der Waals surface area contributed by atoms with E-state index in [4.69, 9.17) is 16.3 Å². The Kier molecular flexibility index (Phi) is 4.40. The molecular formula is C17H15ClN2O4. The molecule has 0 aliphatic carbocycles. The predicted octanol–water partition coefficient (Wildman–Crippen LogP) is 2.33. The molecule has 1 aromatic heterocycles. The van der Waals surface area contributed by atoms with Gasteiger partial charge in [-0.05, 0) is 37.3 Å². The maximum atomic E-state index is 12.8. The van der Waals surface area contributed by atoms with Crippen LogP contribution in [0, 0.1) is 0 Å². The van der Waals surface area contributed by atoms with Crippen LogP contribution in [0.5, 0.6) is 0 Å². The molecule has 24 heavy (non-hydrogen) atoms. The second-order valence-electron chi connectivity index (χ2n) is 5.26. The number of nitrogens with zero attached hydrogens (tertiary/aromatic N) is 1. The van der Waals surface area contributed by atoms with Gasteiger partial charge in [0.1, 0.15) is 11.4 Å². The van der Waals surface area contributed by atoms with Crippen LogP contribution in [0.1, 0.15) is 33.2 Å². The average molecular weight is 347 g/mol. The minimum Gasteiger partial charge on any atom is -0.462 e. The molecule has 124 valence electrons. The quantitative estimate of drug-likeness (QED) is 0.679. The molecule has 0 spiro atoms. The molecule has 6 nitrogen and oxygen atoms in total. The summed E-state index contributed by atoms with van der Waals surface area (Å²) in [6, 6.07) is 7.74. The molecule has 2 heterocycles. The minimum absolute atomic E-state index is 0.137. The molecule has 0 bridgehead atoms. The molecule has 1 N–H and O–H groups in total. The number of nitrogens with one attached hydrogen (secondary N) is 1. The van der Waals surface area contributed by atoms with Crippen molar-refractivity contribution in [3.8, 4) is 0 Å². The molecule has 0 unspecified atom stereocenters. The van der Waals surface area contributed by atoms with Crippen LogP contribution in [-0.2, 0) is 11.3 Å². The average Bonchev–Trinajstić information content (AvgIpc) is 3.06. The summed E-state index contributed by atoms with van der Waals surface area (Å²) < 4.78 is 6.32. The highest BCUT2D eigenvalue weighted by atomic mass is 35.5. The van der Waals surface area contributed by atoms with Crippen LogP contribution in [0.3, 0.4) is 0 Å². The molecule has 1 aromatic carbocycles. The number of hydrogen-bond acceptors (Lipinski definition) is 5. The highest BCUT2D eigenvalue weighted by Crippen LogP contribution is 2.23. The lowest BCUT2D eigenvalue weighted by atomic mass is 10.0. The summed E-state index contributed by atoms with van der Waals surface area (Å²) in [4.78, 5) is 37.3. The molecule has 0 amide bonds. The number of esters is 1. The Balaban J connectivity index is 2.13. The van der Waals surface area contributed by atoms with Gasteiger partial charge < -0.3 is 10.1 Å². The number of ketones is 1. The summed E-state index contributed by atoms with van der Waals surface area (Å²) in [6.07, 6.45) is 0. The molecule has 1 aliphatic rings. The SMILES string of the molecule is CCOC(=O)c1cc(C(=O)c2ccc(Cl)cc2)c2n(c1=O)CCN2.